The van der Waals surface area contributed by atoms with Crippen molar-refractivity contribution in [2.24, 2.45) is 0 Å². The minimum Gasteiger partial charge on any atom is -0.352 e. The largest absolute Gasteiger partial charge is 0.352 e. The van der Waals surface area contributed by atoms with E-state index in [0.717, 1.165) is 5.56 Å². The molecule has 3 nitrogen and oxygen atoms in total. The molecule has 0 aliphatic carbocycles. The molecule has 16 heavy (non-hydrogen) atoms. The van der Waals surface area contributed by atoms with Crippen molar-refractivity contribution in [2.45, 2.75) is 19.6 Å². The summed E-state index contributed by atoms with van der Waals surface area (Å²) >= 11 is 0. The number of nitrogens with one attached hydrogen (secondary N) is 1. The molecule has 0 heterocycles. The van der Waals surface area contributed by atoms with Crippen molar-refractivity contribution in [3.8, 4) is 0 Å². The lowest BCUT2D eigenvalue weighted by Crippen LogP contribution is -2.24. The van der Waals surface area contributed by atoms with Crippen LogP contribution in [-0.2, 0) is 16.1 Å². The van der Waals surface area contributed by atoms with Gasteiger partial charge in [0, 0.05) is 6.54 Å². The van der Waals surface area contributed by atoms with Gasteiger partial charge in [-0.25, -0.2) is 0 Å². The number of halogens is 2. The van der Waals surface area contributed by atoms with Crippen molar-refractivity contribution in [3.63, 3.8) is 0 Å². The quantitative estimate of drug-likeness (QED) is 0.809. The fourth-order valence-corrected chi connectivity index (χ4v) is 1.13. The highest BCUT2D eigenvalue weighted by Gasteiger charge is 2.05. The van der Waals surface area contributed by atoms with Crippen LogP contribution in [0.3, 0.4) is 0 Å². The van der Waals surface area contributed by atoms with Gasteiger partial charge in [-0.3, -0.25) is 4.79 Å². The molecule has 0 saturated heterocycles. The van der Waals surface area contributed by atoms with Crippen LogP contribution in [0.4, 0.5) is 8.78 Å². The molecule has 5 heteroatoms. The molecular weight excluding hydrogens is 216 g/mol. The molecule has 1 rings (SSSR count). The van der Waals surface area contributed by atoms with Gasteiger partial charge in [0.05, 0.1) is 13.0 Å². The first-order valence-corrected chi connectivity index (χ1v) is 4.89. The van der Waals surface area contributed by atoms with Gasteiger partial charge in [-0.05, 0) is 5.56 Å². The van der Waals surface area contributed by atoms with Crippen molar-refractivity contribution < 1.29 is 18.3 Å². The second-order valence-corrected chi connectivity index (χ2v) is 3.14. The average Bonchev–Trinajstić information content (AvgIpc) is 2.27. The third-order valence-corrected chi connectivity index (χ3v) is 1.91. The van der Waals surface area contributed by atoms with Crippen LogP contribution >= 0.6 is 0 Å². The van der Waals surface area contributed by atoms with E-state index in [1.54, 1.807) is 0 Å². The average molecular weight is 229 g/mol. The van der Waals surface area contributed by atoms with E-state index in [2.05, 4.69) is 10.1 Å². The zero-order chi connectivity index (χ0) is 11.8. The summed E-state index contributed by atoms with van der Waals surface area (Å²) in [6, 6.07) is 9.34. The molecule has 1 aromatic rings. The Hall–Kier alpha value is -1.49. The molecule has 0 unspecified atom stereocenters. The first-order valence-electron chi connectivity index (χ1n) is 4.89. The molecule has 0 bridgehead atoms. The third-order valence-electron chi connectivity index (χ3n) is 1.91. The fraction of sp³-hybridized carbons (Fsp3) is 0.364. The van der Waals surface area contributed by atoms with Gasteiger partial charge in [-0.1, -0.05) is 30.3 Å². The number of amides is 1. The first kappa shape index (κ1) is 12.6. The van der Waals surface area contributed by atoms with Gasteiger partial charge in [-0.15, -0.1) is 0 Å². The van der Waals surface area contributed by atoms with E-state index in [0.29, 0.717) is 6.54 Å². The molecule has 1 amide bonds. The Bertz CT molecular complexity index is 317. The standard InChI is InChI=1S/C11H13F2NO2/c12-11(13)16-7-6-10(15)14-8-9-4-2-1-3-5-9/h1-5,11H,6-8H2,(H,14,15). The van der Waals surface area contributed by atoms with Crippen molar-refractivity contribution in [1.82, 2.24) is 5.32 Å². The summed E-state index contributed by atoms with van der Waals surface area (Å²) in [7, 11) is 0. The second kappa shape index (κ2) is 6.90. The number of carbonyl (C=O) groups is 1. The molecule has 0 spiro atoms. The SMILES string of the molecule is O=C(CCOC(F)F)NCc1ccccc1. The predicted molar refractivity (Wildman–Crippen MR) is 54.9 cm³/mol. The maximum absolute atomic E-state index is 11.6. The van der Waals surface area contributed by atoms with Crippen LogP contribution in [-0.4, -0.2) is 19.1 Å². The maximum atomic E-state index is 11.6. The number of ether oxygens (including phenoxy) is 1. The molecule has 0 aliphatic rings. The number of carbonyl (C=O) groups excluding carboxylic acids is 1. The Morgan fingerprint density at radius 2 is 2.00 bits per heavy atom. The molecular formula is C11H13F2NO2. The molecule has 1 N–H and O–H groups in total. The van der Waals surface area contributed by atoms with Crippen LogP contribution in [0.25, 0.3) is 0 Å². The van der Waals surface area contributed by atoms with Gasteiger partial charge in [0.15, 0.2) is 0 Å². The molecule has 0 fully saturated rings. The molecule has 0 saturated carbocycles. The highest BCUT2D eigenvalue weighted by Crippen LogP contribution is 1.98. The fourth-order valence-electron chi connectivity index (χ4n) is 1.13. The predicted octanol–water partition coefficient (Wildman–Crippen LogP) is 1.93. The van der Waals surface area contributed by atoms with E-state index >= 15 is 0 Å². The molecule has 1 aromatic carbocycles. The Labute approximate surface area is 92.4 Å². The minimum atomic E-state index is -2.82. The lowest BCUT2D eigenvalue weighted by Gasteiger charge is -2.05. The normalized spacial score (nSPS) is 10.4. The molecule has 0 atom stereocenters. The van der Waals surface area contributed by atoms with E-state index in [4.69, 9.17) is 0 Å². The molecule has 88 valence electrons. The number of hydrogen-bond acceptors (Lipinski definition) is 2. The van der Waals surface area contributed by atoms with Crippen molar-refractivity contribution in [1.29, 1.82) is 0 Å². The van der Waals surface area contributed by atoms with Crippen molar-refractivity contribution >= 4 is 5.91 Å². The highest BCUT2D eigenvalue weighted by molar-refractivity contribution is 5.75. The minimum absolute atomic E-state index is 0.0584. The number of rotatable bonds is 6. The summed E-state index contributed by atoms with van der Waals surface area (Å²) in [5.74, 6) is -0.301. The van der Waals surface area contributed by atoms with Gasteiger partial charge in [-0.2, -0.15) is 8.78 Å². The molecule has 0 radical (unpaired) electrons. The van der Waals surface area contributed by atoms with E-state index in [-0.39, 0.29) is 18.9 Å². The van der Waals surface area contributed by atoms with Gasteiger partial charge in [0.2, 0.25) is 5.91 Å². The summed E-state index contributed by atoms with van der Waals surface area (Å²) in [5.41, 5.74) is 0.964. The lowest BCUT2D eigenvalue weighted by molar-refractivity contribution is -0.138. The Kier molecular flexibility index (Phi) is 5.42. The Balaban J connectivity index is 2.16. The summed E-state index contributed by atoms with van der Waals surface area (Å²) in [6.45, 7) is -2.69. The molecule has 0 aromatic heterocycles. The van der Waals surface area contributed by atoms with Crippen LogP contribution in [0.15, 0.2) is 30.3 Å². The van der Waals surface area contributed by atoms with Crippen molar-refractivity contribution in [3.05, 3.63) is 35.9 Å². The Morgan fingerprint density at radius 3 is 2.62 bits per heavy atom. The van der Waals surface area contributed by atoms with Crippen LogP contribution < -0.4 is 5.32 Å². The van der Waals surface area contributed by atoms with E-state index < -0.39 is 6.61 Å². The van der Waals surface area contributed by atoms with Crippen LogP contribution in [0.2, 0.25) is 0 Å². The smallest absolute Gasteiger partial charge is 0.345 e. The highest BCUT2D eigenvalue weighted by atomic mass is 19.3. The zero-order valence-electron chi connectivity index (χ0n) is 8.66. The van der Waals surface area contributed by atoms with E-state index in [9.17, 15) is 13.6 Å². The summed E-state index contributed by atoms with van der Waals surface area (Å²) in [6.07, 6.45) is -0.0584. The van der Waals surface area contributed by atoms with Gasteiger partial charge < -0.3 is 10.1 Å². The van der Waals surface area contributed by atoms with E-state index in [1.807, 2.05) is 30.3 Å². The van der Waals surface area contributed by atoms with Crippen LogP contribution in [0.1, 0.15) is 12.0 Å². The second-order valence-electron chi connectivity index (χ2n) is 3.14. The summed E-state index contributed by atoms with van der Waals surface area (Å²) in [5, 5.41) is 2.61. The maximum Gasteiger partial charge on any atom is 0.345 e. The van der Waals surface area contributed by atoms with Gasteiger partial charge in [0.25, 0.3) is 0 Å². The van der Waals surface area contributed by atoms with Crippen LogP contribution in [0.5, 0.6) is 0 Å². The monoisotopic (exact) mass is 229 g/mol. The molecule has 0 aliphatic heterocycles. The number of hydrogen-bond donors (Lipinski definition) is 1. The number of benzene rings is 1. The first-order chi connectivity index (χ1) is 7.68. The summed E-state index contributed by atoms with van der Waals surface area (Å²) < 4.78 is 27.1. The van der Waals surface area contributed by atoms with Crippen molar-refractivity contribution in [2.75, 3.05) is 6.61 Å². The zero-order valence-corrected chi connectivity index (χ0v) is 8.66. The van der Waals surface area contributed by atoms with E-state index in [1.165, 1.54) is 0 Å². The van der Waals surface area contributed by atoms with Gasteiger partial charge >= 0.3 is 6.61 Å². The summed E-state index contributed by atoms with van der Waals surface area (Å²) in [4.78, 5) is 11.2. The lowest BCUT2D eigenvalue weighted by atomic mass is 10.2. The third kappa shape index (κ3) is 5.41. The van der Waals surface area contributed by atoms with Gasteiger partial charge in [0.1, 0.15) is 0 Å². The topological polar surface area (TPSA) is 38.3 Å². The number of alkyl halides is 2. The Morgan fingerprint density at radius 1 is 1.31 bits per heavy atom. The van der Waals surface area contributed by atoms with Crippen LogP contribution in [0, 0.1) is 0 Å².